The summed E-state index contributed by atoms with van der Waals surface area (Å²) in [6.45, 7) is 4.24. The van der Waals surface area contributed by atoms with Crippen LogP contribution in [0, 0.1) is 5.82 Å². The molecule has 0 N–H and O–H groups in total. The summed E-state index contributed by atoms with van der Waals surface area (Å²) in [5.74, 6) is -0.541. The number of pyridine rings is 1. The lowest BCUT2D eigenvalue weighted by Gasteiger charge is -2.21. The zero-order valence-corrected chi connectivity index (χ0v) is 16.2. The van der Waals surface area contributed by atoms with Crippen molar-refractivity contribution in [1.29, 1.82) is 0 Å². The van der Waals surface area contributed by atoms with Crippen LogP contribution < -0.4 is 4.90 Å². The van der Waals surface area contributed by atoms with E-state index in [1.54, 1.807) is 40.3 Å². The van der Waals surface area contributed by atoms with Crippen LogP contribution in [0.25, 0.3) is 10.2 Å². The molecule has 0 aliphatic carbocycles. The van der Waals surface area contributed by atoms with E-state index in [9.17, 15) is 9.18 Å². The molecule has 0 fully saturated rings. The van der Waals surface area contributed by atoms with Gasteiger partial charge in [0.05, 0.1) is 16.8 Å². The summed E-state index contributed by atoms with van der Waals surface area (Å²) in [6.07, 6.45) is 5.01. The van der Waals surface area contributed by atoms with Crippen molar-refractivity contribution < 1.29 is 9.18 Å². The second-order valence-electron chi connectivity index (χ2n) is 6.62. The number of aromatic nitrogens is 4. The van der Waals surface area contributed by atoms with Crippen LogP contribution in [0.15, 0.2) is 55.0 Å². The van der Waals surface area contributed by atoms with E-state index in [0.29, 0.717) is 27.6 Å². The van der Waals surface area contributed by atoms with Crippen LogP contribution in [0.2, 0.25) is 0 Å². The number of carbonyl (C=O) groups is 1. The number of benzene rings is 1. The van der Waals surface area contributed by atoms with E-state index in [4.69, 9.17) is 0 Å². The number of anilines is 1. The average Bonchev–Trinajstić information content (AvgIpc) is 3.33. The molecule has 28 heavy (non-hydrogen) atoms. The maximum Gasteiger partial charge on any atom is 0.278 e. The van der Waals surface area contributed by atoms with Crippen LogP contribution in [0.3, 0.4) is 0 Å². The highest BCUT2D eigenvalue weighted by molar-refractivity contribution is 7.22. The van der Waals surface area contributed by atoms with Gasteiger partial charge in [-0.05, 0) is 49.7 Å². The fourth-order valence-corrected chi connectivity index (χ4v) is 3.92. The summed E-state index contributed by atoms with van der Waals surface area (Å²) in [5, 5.41) is 4.77. The normalized spacial score (nSPS) is 11.3. The Balaban J connectivity index is 1.78. The molecule has 0 bridgehead atoms. The van der Waals surface area contributed by atoms with Crippen molar-refractivity contribution in [3.63, 3.8) is 0 Å². The number of thiazole rings is 1. The van der Waals surface area contributed by atoms with Crippen LogP contribution in [-0.4, -0.2) is 25.7 Å². The maximum atomic E-state index is 13.6. The lowest BCUT2D eigenvalue weighted by Crippen LogP contribution is -2.32. The molecule has 0 saturated carbocycles. The van der Waals surface area contributed by atoms with Gasteiger partial charge in [-0.1, -0.05) is 17.4 Å². The lowest BCUT2D eigenvalue weighted by molar-refractivity contribution is 0.0973. The first-order valence-corrected chi connectivity index (χ1v) is 9.65. The molecule has 1 amide bonds. The third-order valence-corrected chi connectivity index (χ3v) is 5.30. The van der Waals surface area contributed by atoms with E-state index in [1.807, 2.05) is 26.0 Å². The van der Waals surface area contributed by atoms with E-state index in [-0.39, 0.29) is 17.8 Å². The molecule has 4 rings (SSSR count). The Morgan fingerprint density at radius 1 is 1.25 bits per heavy atom. The quantitative estimate of drug-likeness (QED) is 0.501. The Bertz CT molecular complexity index is 1120. The molecule has 0 saturated heterocycles. The van der Waals surface area contributed by atoms with E-state index in [1.165, 1.54) is 23.5 Å². The highest BCUT2D eigenvalue weighted by Gasteiger charge is 2.25. The highest BCUT2D eigenvalue weighted by Crippen LogP contribution is 2.31. The van der Waals surface area contributed by atoms with Crippen molar-refractivity contribution in [1.82, 2.24) is 19.7 Å². The standard InChI is InChI=1S/C20H18FN5OS/c1-13(2)26-17(7-9-23-26)19(27)25(12-14-4-3-8-22-11-14)20-24-16-6-5-15(21)10-18(16)28-20/h3-11,13H,12H2,1-2H3. The van der Waals surface area contributed by atoms with Gasteiger partial charge in [0, 0.05) is 24.6 Å². The summed E-state index contributed by atoms with van der Waals surface area (Å²) in [5.41, 5.74) is 2.00. The Hall–Kier alpha value is -3.13. The first-order chi connectivity index (χ1) is 13.5. The van der Waals surface area contributed by atoms with Gasteiger partial charge in [0.15, 0.2) is 5.13 Å². The van der Waals surface area contributed by atoms with E-state index >= 15 is 0 Å². The van der Waals surface area contributed by atoms with Gasteiger partial charge < -0.3 is 0 Å². The highest BCUT2D eigenvalue weighted by atomic mass is 32.1. The summed E-state index contributed by atoms with van der Waals surface area (Å²) < 4.78 is 16.0. The van der Waals surface area contributed by atoms with Gasteiger partial charge in [-0.2, -0.15) is 5.10 Å². The molecule has 4 aromatic rings. The summed E-state index contributed by atoms with van der Waals surface area (Å²) in [4.78, 5) is 23.7. The number of amides is 1. The van der Waals surface area contributed by atoms with Gasteiger partial charge in [0.25, 0.3) is 5.91 Å². The lowest BCUT2D eigenvalue weighted by atomic mass is 10.2. The van der Waals surface area contributed by atoms with Gasteiger partial charge in [-0.15, -0.1) is 0 Å². The Morgan fingerprint density at radius 3 is 2.86 bits per heavy atom. The van der Waals surface area contributed by atoms with Crippen LogP contribution in [-0.2, 0) is 6.54 Å². The largest absolute Gasteiger partial charge is 0.278 e. The minimum atomic E-state index is -0.328. The molecular weight excluding hydrogens is 377 g/mol. The zero-order valence-electron chi connectivity index (χ0n) is 15.4. The molecule has 0 spiro atoms. The van der Waals surface area contributed by atoms with Crippen molar-refractivity contribution in [3.05, 3.63) is 72.1 Å². The Morgan fingerprint density at radius 2 is 2.11 bits per heavy atom. The Kier molecular flexibility index (Phi) is 4.87. The molecule has 0 radical (unpaired) electrons. The van der Waals surface area contributed by atoms with Crippen LogP contribution >= 0.6 is 11.3 Å². The van der Waals surface area contributed by atoms with Crippen molar-refractivity contribution in [2.24, 2.45) is 0 Å². The summed E-state index contributed by atoms with van der Waals surface area (Å²) in [7, 11) is 0. The molecular formula is C20H18FN5OS. The number of rotatable bonds is 5. The van der Waals surface area contributed by atoms with Crippen LogP contribution in [0.5, 0.6) is 0 Å². The van der Waals surface area contributed by atoms with Crippen molar-refractivity contribution in [2.45, 2.75) is 26.4 Å². The van der Waals surface area contributed by atoms with Crippen molar-refractivity contribution >= 4 is 32.6 Å². The SMILES string of the molecule is CC(C)n1nccc1C(=O)N(Cc1cccnc1)c1nc2ccc(F)cc2s1. The number of hydrogen-bond donors (Lipinski definition) is 0. The van der Waals surface area contributed by atoms with Gasteiger partial charge in [0.2, 0.25) is 0 Å². The van der Waals surface area contributed by atoms with Crippen LogP contribution in [0.4, 0.5) is 9.52 Å². The van der Waals surface area contributed by atoms with E-state index < -0.39 is 0 Å². The van der Waals surface area contributed by atoms with E-state index in [2.05, 4.69) is 15.1 Å². The van der Waals surface area contributed by atoms with Crippen molar-refractivity contribution in [2.75, 3.05) is 4.90 Å². The average molecular weight is 395 g/mol. The molecule has 6 nitrogen and oxygen atoms in total. The predicted molar refractivity (Wildman–Crippen MR) is 107 cm³/mol. The van der Waals surface area contributed by atoms with Crippen LogP contribution in [0.1, 0.15) is 35.9 Å². The number of hydrogen-bond acceptors (Lipinski definition) is 5. The number of halogens is 1. The van der Waals surface area contributed by atoms with Gasteiger partial charge in [0.1, 0.15) is 11.5 Å². The fraction of sp³-hybridized carbons (Fsp3) is 0.200. The van der Waals surface area contributed by atoms with Gasteiger partial charge in [-0.25, -0.2) is 9.37 Å². The second kappa shape index (κ2) is 7.47. The second-order valence-corrected chi connectivity index (χ2v) is 7.62. The fourth-order valence-electron chi connectivity index (χ4n) is 2.94. The molecule has 3 aromatic heterocycles. The maximum absolute atomic E-state index is 13.6. The molecule has 0 atom stereocenters. The third-order valence-electron chi connectivity index (χ3n) is 4.26. The zero-order chi connectivity index (χ0) is 19.7. The van der Waals surface area contributed by atoms with Gasteiger partial charge >= 0.3 is 0 Å². The number of fused-ring (bicyclic) bond motifs is 1. The van der Waals surface area contributed by atoms with E-state index in [0.717, 1.165) is 5.56 Å². The minimum absolute atomic E-state index is 0.0404. The molecule has 3 heterocycles. The molecule has 0 aliphatic rings. The Labute approximate surface area is 165 Å². The number of nitrogens with zero attached hydrogens (tertiary/aromatic N) is 5. The molecule has 0 unspecified atom stereocenters. The van der Waals surface area contributed by atoms with Gasteiger partial charge in [-0.3, -0.25) is 19.4 Å². The number of carbonyl (C=O) groups excluding carboxylic acids is 1. The topological polar surface area (TPSA) is 63.9 Å². The predicted octanol–water partition coefficient (Wildman–Crippen LogP) is 4.45. The molecule has 1 aromatic carbocycles. The summed E-state index contributed by atoms with van der Waals surface area (Å²) >= 11 is 1.28. The first kappa shape index (κ1) is 18.2. The molecule has 142 valence electrons. The molecule has 8 heteroatoms. The summed E-state index contributed by atoms with van der Waals surface area (Å²) in [6, 6.07) is 9.89. The smallest absolute Gasteiger partial charge is 0.278 e. The monoisotopic (exact) mass is 395 g/mol. The minimum Gasteiger partial charge on any atom is -0.278 e. The van der Waals surface area contributed by atoms with Crippen molar-refractivity contribution in [3.8, 4) is 0 Å². The molecule has 0 aliphatic heterocycles. The first-order valence-electron chi connectivity index (χ1n) is 8.83. The third kappa shape index (κ3) is 3.50.